The number of sulfonamides is 1. The smallest absolute Gasteiger partial charge is 0.207 e. The fourth-order valence-electron chi connectivity index (χ4n) is 2.02. The van der Waals surface area contributed by atoms with E-state index >= 15 is 0 Å². The fraction of sp³-hybridized carbons (Fsp3) is 0.222. The number of rotatable bonds is 5. The van der Waals surface area contributed by atoms with E-state index in [4.69, 9.17) is 0 Å². The predicted octanol–water partition coefficient (Wildman–Crippen LogP) is 3.11. The van der Waals surface area contributed by atoms with E-state index in [9.17, 15) is 12.8 Å². The average Bonchev–Trinajstić information content (AvgIpc) is 2.54. The van der Waals surface area contributed by atoms with Crippen LogP contribution in [0.5, 0.6) is 0 Å². The summed E-state index contributed by atoms with van der Waals surface area (Å²) in [5.41, 5.74) is 1.75. The molecule has 3 nitrogen and oxygen atoms in total. The highest BCUT2D eigenvalue weighted by atomic mass is 32.2. The second-order valence-corrected chi connectivity index (χ2v) is 6.79. The van der Waals surface area contributed by atoms with Crippen molar-refractivity contribution in [2.45, 2.75) is 24.7 Å². The van der Waals surface area contributed by atoms with Crippen molar-refractivity contribution in [1.82, 2.24) is 4.72 Å². The van der Waals surface area contributed by atoms with Crippen molar-refractivity contribution in [3.63, 3.8) is 0 Å². The third kappa shape index (κ3) is 5.20. The molecular formula is C18H18FNO2S. The third-order valence-electron chi connectivity index (χ3n) is 3.20. The van der Waals surface area contributed by atoms with Crippen LogP contribution in [0, 0.1) is 17.7 Å². The second kappa shape index (κ2) is 7.91. The Morgan fingerprint density at radius 1 is 1.04 bits per heavy atom. The van der Waals surface area contributed by atoms with Crippen LogP contribution >= 0.6 is 0 Å². The number of hydrogen-bond donors (Lipinski definition) is 1. The van der Waals surface area contributed by atoms with Gasteiger partial charge in [0.2, 0.25) is 10.0 Å². The maximum Gasteiger partial charge on any atom is 0.241 e. The van der Waals surface area contributed by atoms with Gasteiger partial charge in [0, 0.05) is 5.56 Å². The molecule has 0 heterocycles. The van der Waals surface area contributed by atoms with Gasteiger partial charge in [-0.1, -0.05) is 37.3 Å². The van der Waals surface area contributed by atoms with Crippen LogP contribution in [-0.2, 0) is 16.4 Å². The molecule has 0 aliphatic heterocycles. The van der Waals surface area contributed by atoms with Gasteiger partial charge in [-0.15, -0.1) is 0 Å². The van der Waals surface area contributed by atoms with Crippen LogP contribution < -0.4 is 4.72 Å². The summed E-state index contributed by atoms with van der Waals surface area (Å²) < 4.78 is 39.4. The molecular weight excluding hydrogens is 313 g/mol. The number of benzene rings is 2. The molecule has 1 N–H and O–H groups in total. The van der Waals surface area contributed by atoms with Crippen molar-refractivity contribution >= 4 is 10.0 Å². The van der Waals surface area contributed by atoms with Gasteiger partial charge in [0.05, 0.1) is 11.4 Å². The average molecular weight is 331 g/mol. The molecule has 2 rings (SSSR count). The lowest BCUT2D eigenvalue weighted by Gasteiger charge is -2.05. The number of nitrogens with one attached hydrogen (secondary N) is 1. The van der Waals surface area contributed by atoms with Gasteiger partial charge in [-0.25, -0.2) is 12.8 Å². The summed E-state index contributed by atoms with van der Waals surface area (Å²) in [6, 6.07) is 12.6. The van der Waals surface area contributed by atoms with Crippen molar-refractivity contribution in [3.8, 4) is 11.8 Å². The first kappa shape index (κ1) is 17.2. The van der Waals surface area contributed by atoms with Gasteiger partial charge in [-0.2, -0.15) is 4.72 Å². The molecule has 0 spiro atoms. The van der Waals surface area contributed by atoms with E-state index in [1.165, 1.54) is 12.1 Å². The SMILES string of the molecule is CCCc1ccc(S(=O)(=O)NCC#Cc2ccc(F)cc2)cc1. The van der Waals surface area contributed by atoms with Crippen LogP contribution in [0.15, 0.2) is 53.4 Å². The summed E-state index contributed by atoms with van der Waals surface area (Å²) in [7, 11) is -3.57. The van der Waals surface area contributed by atoms with Gasteiger partial charge in [0.1, 0.15) is 5.82 Å². The van der Waals surface area contributed by atoms with Gasteiger partial charge >= 0.3 is 0 Å². The highest BCUT2D eigenvalue weighted by molar-refractivity contribution is 7.89. The summed E-state index contributed by atoms with van der Waals surface area (Å²) in [6.45, 7) is 2.07. The molecule has 120 valence electrons. The molecule has 0 aliphatic rings. The molecule has 0 amide bonds. The lowest BCUT2D eigenvalue weighted by atomic mass is 10.1. The Labute approximate surface area is 136 Å². The molecule has 0 saturated heterocycles. The van der Waals surface area contributed by atoms with Crippen molar-refractivity contribution in [1.29, 1.82) is 0 Å². The van der Waals surface area contributed by atoms with Crippen LogP contribution in [0.2, 0.25) is 0 Å². The minimum Gasteiger partial charge on any atom is -0.207 e. The Balaban J connectivity index is 1.97. The first-order valence-electron chi connectivity index (χ1n) is 7.34. The van der Waals surface area contributed by atoms with Crippen molar-refractivity contribution in [2.24, 2.45) is 0 Å². The van der Waals surface area contributed by atoms with Crippen LogP contribution in [0.3, 0.4) is 0 Å². The fourth-order valence-corrected chi connectivity index (χ4v) is 2.94. The minimum atomic E-state index is -3.57. The topological polar surface area (TPSA) is 46.2 Å². The molecule has 2 aromatic rings. The molecule has 0 unspecified atom stereocenters. The maximum absolute atomic E-state index is 12.8. The first-order chi connectivity index (χ1) is 11.0. The van der Waals surface area contributed by atoms with Crippen molar-refractivity contribution in [3.05, 3.63) is 65.5 Å². The summed E-state index contributed by atoms with van der Waals surface area (Å²) >= 11 is 0. The predicted molar refractivity (Wildman–Crippen MR) is 88.9 cm³/mol. The first-order valence-corrected chi connectivity index (χ1v) is 8.82. The Morgan fingerprint density at radius 3 is 2.30 bits per heavy atom. The monoisotopic (exact) mass is 331 g/mol. The van der Waals surface area contributed by atoms with E-state index in [0.717, 1.165) is 18.4 Å². The molecule has 0 aromatic heterocycles. The van der Waals surface area contributed by atoms with E-state index in [1.807, 2.05) is 12.1 Å². The highest BCUT2D eigenvalue weighted by Gasteiger charge is 2.12. The molecule has 0 bridgehead atoms. The van der Waals surface area contributed by atoms with Crippen LogP contribution in [0.1, 0.15) is 24.5 Å². The van der Waals surface area contributed by atoms with E-state index < -0.39 is 10.0 Å². The molecule has 0 saturated carbocycles. The zero-order valence-electron chi connectivity index (χ0n) is 12.8. The lowest BCUT2D eigenvalue weighted by molar-refractivity contribution is 0.586. The van der Waals surface area contributed by atoms with Gasteiger partial charge in [-0.05, 0) is 48.4 Å². The van der Waals surface area contributed by atoms with E-state index in [0.29, 0.717) is 5.56 Å². The molecule has 0 radical (unpaired) electrons. The van der Waals surface area contributed by atoms with E-state index in [2.05, 4.69) is 23.5 Å². The van der Waals surface area contributed by atoms with Crippen molar-refractivity contribution < 1.29 is 12.8 Å². The van der Waals surface area contributed by atoms with E-state index in [-0.39, 0.29) is 17.3 Å². The Hall–Kier alpha value is -2.16. The largest absolute Gasteiger partial charge is 0.241 e. The highest BCUT2D eigenvalue weighted by Crippen LogP contribution is 2.11. The molecule has 5 heteroatoms. The summed E-state index contributed by atoms with van der Waals surface area (Å²) in [5, 5.41) is 0. The number of hydrogen-bond acceptors (Lipinski definition) is 2. The molecule has 23 heavy (non-hydrogen) atoms. The summed E-state index contributed by atoms with van der Waals surface area (Å²) in [4.78, 5) is 0.223. The van der Waals surface area contributed by atoms with Gasteiger partial charge in [0.15, 0.2) is 0 Å². The minimum absolute atomic E-state index is 0.00355. The lowest BCUT2D eigenvalue weighted by Crippen LogP contribution is -2.24. The zero-order chi connectivity index (χ0) is 16.7. The Bertz CT molecular complexity index is 801. The standard InChI is InChI=1S/C18H18FNO2S/c1-2-4-15-8-12-18(13-9-15)23(21,22)20-14-3-5-16-6-10-17(19)11-7-16/h6-13,20H,2,4,14H2,1H3. The number of halogens is 1. The Kier molecular flexibility index (Phi) is 5.91. The normalized spacial score (nSPS) is 10.9. The number of aryl methyl sites for hydroxylation is 1. The maximum atomic E-state index is 12.8. The molecule has 0 aliphatic carbocycles. The third-order valence-corrected chi connectivity index (χ3v) is 4.62. The van der Waals surface area contributed by atoms with Gasteiger partial charge in [-0.3, -0.25) is 0 Å². The van der Waals surface area contributed by atoms with Crippen LogP contribution in [0.4, 0.5) is 4.39 Å². The van der Waals surface area contributed by atoms with Gasteiger partial charge < -0.3 is 0 Å². The van der Waals surface area contributed by atoms with E-state index in [1.54, 1.807) is 24.3 Å². The zero-order valence-corrected chi connectivity index (χ0v) is 13.7. The van der Waals surface area contributed by atoms with Crippen LogP contribution in [-0.4, -0.2) is 15.0 Å². The second-order valence-electron chi connectivity index (χ2n) is 5.03. The Morgan fingerprint density at radius 2 is 1.70 bits per heavy atom. The van der Waals surface area contributed by atoms with Crippen LogP contribution in [0.25, 0.3) is 0 Å². The summed E-state index contributed by atoms with van der Waals surface area (Å²) in [6.07, 6.45) is 1.94. The quantitative estimate of drug-likeness (QED) is 0.856. The molecule has 0 atom stereocenters. The molecule has 2 aromatic carbocycles. The van der Waals surface area contributed by atoms with Crippen molar-refractivity contribution in [2.75, 3.05) is 6.54 Å². The molecule has 0 fully saturated rings. The van der Waals surface area contributed by atoms with Gasteiger partial charge in [0.25, 0.3) is 0 Å². The summed E-state index contributed by atoms with van der Waals surface area (Å²) in [5.74, 6) is 5.16.